The summed E-state index contributed by atoms with van der Waals surface area (Å²) in [6.07, 6.45) is 1.18. The highest BCUT2D eigenvalue weighted by atomic mass is 16.2. The van der Waals surface area contributed by atoms with Gasteiger partial charge in [-0.05, 0) is 62.6 Å². The molecule has 9 heteroatoms. The van der Waals surface area contributed by atoms with Gasteiger partial charge in [0.25, 0.3) is 5.91 Å². The molecule has 3 aromatic heterocycles. The minimum atomic E-state index is -0.638. The molecule has 0 radical (unpaired) electrons. The number of nitrogens with one attached hydrogen (secondary N) is 4. The summed E-state index contributed by atoms with van der Waals surface area (Å²) in [5.74, 6) is 0.646. The zero-order valence-corrected chi connectivity index (χ0v) is 20.8. The molecule has 2 amide bonds. The fraction of sp³-hybridized carbons (Fsp3) is 0.214. The number of H-pyrrole nitrogens is 2. The normalized spacial score (nSPS) is 12.1. The van der Waals surface area contributed by atoms with Crippen molar-refractivity contribution in [3.63, 3.8) is 0 Å². The quantitative estimate of drug-likeness (QED) is 0.222. The van der Waals surface area contributed by atoms with Crippen LogP contribution in [0.25, 0.3) is 33.3 Å². The molecule has 37 heavy (non-hydrogen) atoms. The fourth-order valence-corrected chi connectivity index (χ4v) is 4.51. The SMILES string of the molecule is CCNC(=O)[C@H](CCc1ccccc1)NC(=O)c1ccc2[nH]c(-c3cc(N)nc4[nH]c(C)nc34)cc2c1. The van der Waals surface area contributed by atoms with Gasteiger partial charge in [-0.25, -0.2) is 9.97 Å². The number of benzene rings is 2. The van der Waals surface area contributed by atoms with Crippen molar-refractivity contribution in [1.29, 1.82) is 0 Å². The van der Waals surface area contributed by atoms with Crippen LogP contribution in [-0.4, -0.2) is 44.3 Å². The predicted molar refractivity (Wildman–Crippen MR) is 145 cm³/mol. The van der Waals surface area contributed by atoms with Gasteiger partial charge in [-0.2, -0.15) is 0 Å². The first kappa shape index (κ1) is 24.1. The topological polar surface area (TPSA) is 142 Å². The Kier molecular flexibility index (Phi) is 6.59. The van der Waals surface area contributed by atoms with Gasteiger partial charge in [0.2, 0.25) is 5.91 Å². The Morgan fingerprint density at radius 3 is 2.62 bits per heavy atom. The van der Waals surface area contributed by atoms with Crippen LogP contribution >= 0.6 is 0 Å². The van der Waals surface area contributed by atoms with Crippen molar-refractivity contribution in [2.24, 2.45) is 0 Å². The van der Waals surface area contributed by atoms with Crippen LogP contribution in [-0.2, 0) is 11.2 Å². The van der Waals surface area contributed by atoms with Crippen LogP contribution < -0.4 is 16.4 Å². The molecular formula is C28H29N7O2. The largest absolute Gasteiger partial charge is 0.384 e. The lowest BCUT2D eigenvalue weighted by molar-refractivity contribution is -0.123. The molecule has 0 aliphatic heterocycles. The first-order chi connectivity index (χ1) is 17.9. The summed E-state index contributed by atoms with van der Waals surface area (Å²) < 4.78 is 0. The highest BCUT2D eigenvalue weighted by Crippen LogP contribution is 2.30. The predicted octanol–water partition coefficient (Wildman–Crippen LogP) is 3.86. The summed E-state index contributed by atoms with van der Waals surface area (Å²) in [5.41, 5.74) is 11.5. The van der Waals surface area contributed by atoms with Crippen molar-refractivity contribution in [3.05, 3.63) is 77.6 Å². The summed E-state index contributed by atoms with van der Waals surface area (Å²) >= 11 is 0. The molecule has 0 bridgehead atoms. The lowest BCUT2D eigenvalue weighted by atomic mass is 10.0. The second kappa shape index (κ2) is 10.1. The lowest BCUT2D eigenvalue weighted by Crippen LogP contribution is -2.47. The standard InChI is InChI=1S/C28H29N7O2/c1-3-30-28(37)22(11-9-17-7-5-4-6-8-17)34-27(36)18-10-12-21-19(13-18)14-23(33-21)20-15-24(29)35-26-25(20)31-16(2)32-26/h4-8,10,12-15,22,33H,3,9,11H2,1-2H3,(H,30,37)(H,34,36)(H3,29,31,32,35)/t22-/m0/s1. The number of imidazole rings is 1. The van der Waals surface area contributed by atoms with Gasteiger partial charge in [-0.15, -0.1) is 0 Å². The molecule has 0 fully saturated rings. The minimum Gasteiger partial charge on any atom is -0.384 e. The summed E-state index contributed by atoms with van der Waals surface area (Å²) in [7, 11) is 0. The van der Waals surface area contributed by atoms with Crippen molar-refractivity contribution < 1.29 is 9.59 Å². The highest BCUT2D eigenvalue weighted by molar-refractivity contribution is 6.02. The number of hydrogen-bond acceptors (Lipinski definition) is 5. The summed E-state index contributed by atoms with van der Waals surface area (Å²) in [5, 5.41) is 6.61. The van der Waals surface area contributed by atoms with Gasteiger partial charge in [0.05, 0.1) is 0 Å². The zero-order chi connectivity index (χ0) is 25.9. The molecular weight excluding hydrogens is 466 g/mol. The van der Waals surface area contributed by atoms with Crippen molar-refractivity contribution in [1.82, 2.24) is 30.6 Å². The number of likely N-dealkylation sites (N-methyl/N-ethyl adjacent to an activating group) is 1. The number of aromatic nitrogens is 4. The number of aromatic amines is 2. The van der Waals surface area contributed by atoms with E-state index in [2.05, 4.69) is 30.6 Å². The maximum Gasteiger partial charge on any atom is 0.251 e. The Bertz CT molecular complexity index is 1590. The van der Waals surface area contributed by atoms with E-state index in [1.807, 2.05) is 62.4 Å². The van der Waals surface area contributed by atoms with Gasteiger partial charge in [0, 0.05) is 34.3 Å². The third-order valence-electron chi connectivity index (χ3n) is 6.30. The van der Waals surface area contributed by atoms with Crippen LogP contribution in [0.3, 0.4) is 0 Å². The second-order valence-corrected chi connectivity index (χ2v) is 9.04. The number of hydrogen-bond donors (Lipinski definition) is 5. The number of rotatable bonds is 8. The molecule has 5 rings (SSSR count). The van der Waals surface area contributed by atoms with Gasteiger partial charge in [-0.1, -0.05) is 30.3 Å². The first-order valence-electron chi connectivity index (χ1n) is 12.3. The van der Waals surface area contributed by atoms with Gasteiger partial charge < -0.3 is 26.3 Å². The average Bonchev–Trinajstić information content (AvgIpc) is 3.48. The van der Waals surface area contributed by atoms with E-state index in [9.17, 15) is 9.59 Å². The number of pyridine rings is 1. The minimum absolute atomic E-state index is 0.189. The molecule has 188 valence electrons. The molecule has 2 aromatic carbocycles. The number of nitrogens with two attached hydrogens (primary N) is 1. The van der Waals surface area contributed by atoms with E-state index in [0.717, 1.165) is 39.1 Å². The van der Waals surface area contributed by atoms with Gasteiger partial charge in [0.15, 0.2) is 5.65 Å². The smallest absolute Gasteiger partial charge is 0.251 e. The molecule has 9 nitrogen and oxygen atoms in total. The van der Waals surface area contributed by atoms with Crippen LogP contribution in [0.2, 0.25) is 0 Å². The van der Waals surface area contributed by atoms with Crippen LogP contribution in [0.4, 0.5) is 5.82 Å². The Balaban J connectivity index is 1.39. The van der Waals surface area contributed by atoms with E-state index >= 15 is 0 Å². The molecule has 6 N–H and O–H groups in total. The molecule has 0 spiro atoms. The monoisotopic (exact) mass is 495 g/mol. The Hall–Kier alpha value is -4.66. The molecule has 5 aromatic rings. The number of nitrogens with zero attached hydrogens (tertiary/aromatic N) is 2. The summed E-state index contributed by atoms with van der Waals surface area (Å²) in [6, 6.07) is 18.4. The number of fused-ring (bicyclic) bond motifs is 2. The van der Waals surface area contributed by atoms with E-state index in [1.165, 1.54) is 0 Å². The molecule has 0 saturated carbocycles. The lowest BCUT2D eigenvalue weighted by Gasteiger charge is -2.18. The van der Waals surface area contributed by atoms with E-state index in [0.29, 0.717) is 36.4 Å². The Morgan fingerprint density at radius 2 is 1.84 bits per heavy atom. The second-order valence-electron chi connectivity index (χ2n) is 9.04. The third kappa shape index (κ3) is 5.16. The van der Waals surface area contributed by atoms with E-state index in [-0.39, 0.29) is 11.8 Å². The van der Waals surface area contributed by atoms with Crippen LogP contribution in [0.5, 0.6) is 0 Å². The molecule has 1 atom stereocenters. The van der Waals surface area contributed by atoms with Gasteiger partial charge >= 0.3 is 0 Å². The molecule has 0 aliphatic rings. The molecule has 0 aliphatic carbocycles. The van der Waals surface area contributed by atoms with Crippen molar-refractivity contribution in [2.45, 2.75) is 32.7 Å². The summed E-state index contributed by atoms with van der Waals surface area (Å²) in [4.78, 5) is 41.3. The fourth-order valence-electron chi connectivity index (χ4n) is 4.51. The zero-order valence-electron chi connectivity index (χ0n) is 20.8. The number of anilines is 1. The molecule has 3 heterocycles. The number of carbonyl (C=O) groups is 2. The Morgan fingerprint density at radius 1 is 1.03 bits per heavy atom. The van der Waals surface area contributed by atoms with Gasteiger partial charge in [0.1, 0.15) is 23.2 Å². The first-order valence-corrected chi connectivity index (χ1v) is 12.3. The van der Waals surface area contributed by atoms with Crippen LogP contribution in [0.15, 0.2) is 60.7 Å². The number of nitrogen functional groups attached to an aromatic ring is 1. The maximum absolute atomic E-state index is 13.2. The van der Waals surface area contributed by atoms with Crippen molar-refractivity contribution >= 4 is 39.7 Å². The maximum atomic E-state index is 13.2. The van der Waals surface area contributed by atoms with Crippen LogP contribution in [0.1, 0.15) is 35.1 Å². The third-order valence-corrected chi connectivity index (χ3v) is 6.30. The van der Waals surface area contributed by atoms with E-state index in [1.54, 1.807) is 12.1 Å². The van der Waals surface area contributed by atoms with E-state index in [4.69, 9.17) is 5.73 Å². The highest BCUT2D eigenvalue weighted by Gasteiger charge is 2.21. The molecule has 0 unspecified atom stereocenters. The van der Waals surface area contributed by atoms with Crippen molar-refractivity contribution in [3.8, 4) is 11.3 Å². The number of amides is 2. The average molecular weight is 496 g/mol. The number of aryl methyl sites for hydroxylation is 2. The van der Waals surface area contributed by atoms with Crippen LogP contribution in [0, 0.1) is 6.92 Å². The number of carbonyl (C=O) groups excluding carboxylic acids is 2. The molecule has 0 saturated heterocycles. The summed E-state index contributed by atoms with van der Waals surface area (Å²) in [6.45, 7) is 4.22. The van der Waals surface area contributed by atoms with Gasteiger partial charge in [-0.3, -0.25) is 9.59 Å². The van der Waals surface area contributed by atoms with Crippen molar-refractivity contribution in [2.75, 3.05) is 12.3 Å². The van der Waals surface area contributed by atoms with E-state index < -0.39 is 6.04 Å². The Labute approximate surface area is 213 Å².